The Morgan fingerprint density at radius 3 is 2.58 bits per heavy atom. The molecule has 6 heteroatoms. The van der Waals surface area contributed by atoms with Gasteiger partial charge in [-0.05, 0) is 30.7 Å². The van der Waals surface area contributed by atoms with E-state index < -0.39 is 5.97 Å². The maximum atomic E-state index is 12.3. The third-order valence-corrected chi connectivity index (χ3v) is 4.88. The third kappa shape index (κ3) is 4.00. The number of aliphatic hydroxyl groups excluding tert-OH is 1. The lowest BCUT2D eigenvalue weighted by atomic mass is 10.1. The number of benzene rings is 2. The number of carbonyl (C=O) groups excluding carboxylic acids is 1. The highest BCUT2D eigenvalue weighted by molar-refractivity contribution is 8.18. The standard InChI is InChI=1S/C20H16ClNO3S/c1-2-25-20(24)17-18(23)16(12-13-8-4-3-5-9-13)26-19(17)22-15-11-7-6-10-14(15)21/h3-12,23H,2H2,1H3/b16-12+,22-19?. The SMILES string of the molecule is CCOC(=O)C1=C(O)/C(=C\c2ccccc2)SC1=Nc1ccccc1Cl. The smallest absolute Gasteiger partial charge is 0.344 e. The average molecular weight is 386 g/mol. The molecule has 1 aliphatic rings. The second-order valence-corrected chi connectivity index (χ2v) is 6.77. The maximum absolute atomic E-state index is 12.3. The molecule has 0 radical (unpaired) electrons. The summed E-state index contributed by atoms with van der Waals surface area (Å²) in [6.45, 7) is 1.92. The monoisotopic (exact) mass is 385 g/mol. The van der Waals surface area contributed by atoms with Crippen molar-refractivity contribution < 1.29 is 14.6 Å². The van der Waals surface area contributed by atoms with E-state index in [9.17, 15) is 9.90 Å². The molecule has 0 amide bonds. The zero-order valence-electron chi connectivity index (χ0n) is 14.0. The largest absolute Gasteiger partial charge is 0.506 e. The number of hydrogen-bond acceptors (Lipinski definition) is 5. The van der Waals surface area contributed by atoms with Gasteiger partial charge in [-0.25, -0.2) is 9.79 Å². The number of ether oxygens (including phenoxy) is 1. The molecule has 0 spiro atoms. The van der Waals surface area contributed by atoms with Crippen molar-refractivity contribution in [3.8, 4) is 0 Å². The summed E-state index contributed by atoms with van der Waals surface area (Å²) in [5, 5.41) is 11.4. The lowest BCUT2D eigenvalue weighted by molar-refractivity contribution is -0.138. The number of esters is 1. The fourth-order valence-electron chi connectivity index (χ4n) is 2.34. The lowest BCUT2D eigenvalue weighted by Crippen LogP contribution is -2.12. The highest BCUT2D eigenvalue weighted by Crippen LogP contribution is 2.41. The molecule has 26 heavy (non-hydrogen) atoms. The molecule has 0 unspecified atom stereocenters. The Kier molecular flexibility index (Phi) is 5.81. The van der Waals surface area contributed by atoms with Gasteiger partial charge < -0.3 is 9.84 Å². The summed E-state index contributed by atoms with van der Waals surface area (Å²) < 4.78 is 5.08. The van der Waals surface area contributed by atoms with Crippen molar-refractivity contribution in [1.29, 1.82) is 0 Å². The summed E-state index contributed by atoms with van der Waals surface area (Å²) >= 11 is 7.37. The normalized spacial score (nSPS) is 17.2. The maximum Gasteiger partial charge on any atom is 0.344 e. The van der Waals surface area contributed by atoms with Crippen molar-refractivity contribution in [2.45, 2.75) is 6.92 Å². The number of thioether (sulfide) groups is 1. The van der Waals surface area contributed by atoms with Gasteiger partial charge in [-0.15, -0.1) is 0 Å². The van der Waals surface area contributed by atoms with Gasteiger partial charge in [0.15, 0.2) is 0 Å². The van der Waals surface area contributed by atoms with Crippen LogP contribution in [0, 0.1) is 0 Å². The zero-order valence-corrected chi connectivity index (χ0v) is 15.6. The van der Waals surface area contributed by atoms with Crippen LogP contribution in [-0.4, -0.2) is 22.7 Å². The number of rotatable bonds is 4. The van der Waals surface area contributed by atoms with E-state index in [0.29, 0.717) is 20.7 Å². The fraction of sp³-hybridized carbons (Fsp3) is 0.100. The molecule has 0 bridgehead atoms. The van der Waals surface area contributed by atoms with Gasteiger partial charge in [0.2, 0.25) is 0 Å². The van der Waals surface area contributed by atoms with Gasteiger partial charge in [-0.1, -0.05) is 65.8 Å². The van der Waals surface area contributed by atoms with Crippen molar-refractivity contribution in [1.82, 2.24) is 0 Å². The molecule has 0 fully saturated rings. The predicted octanol–water partition coefficient (Wildman–Crippen LogP) is 5.53. The van der Waals surface area contributed by atoms with Gasteiger partial charge in [0.1, 0.15) is 16.4 Å². The van der Waals surface area contributed by atoms with Crippen LogP contribution in [0.15, 0.2) is 75.8 Å². The number of aliphatic imine (C=N–C) groups is 1. The zero-order chi connectivity index (χ0) is 18.5. The van der Waals surface area contributed by atoms with Crippen LogP contribution in [-0.2, 0) is 9.53 Å². The first kappa shape index (κ1) is 18.3. The van der Waals surface area contributed by atoms with Crippen LogP contribution >= 0.6 is 23.4 Å². The van der Waals surface area contributed by atoms with E-state index in [1.807, 2.05) is 30.3 Å². The number of hydrogen-bond donors (Lipinski definition) is 1. The minimum atomic E-state index is -0.611. The van der Waals surface area contributed by atoms with E-state index in [4.69, 9.17) is 16.3 Å². The van der Waals surface area contributed by atoms with E-state index in [2.05, 4.69) is 4.99 Å². The summed E-state index contributed by atoms with van der Waals surface area (Å²) in [5.74, 6) is -0.747. The summed E-state index contributed by atoms with van der Waals surface area (Å²) in [4.78, 5) is 17.4. The summed E-state index contributed by atoms with van der Waals surface area (Å²) in [6, 6.07) is 16.6. The van der Waals surface area contributed by atoms with Crippen molar-refractivity contribution in [2.24, 2.45) is 4.99 Å². The van der Waals surface area contributed by atoms with Crippen LogP contribution in [0.4, 0.5) is 5.69 Å². The van der Waals surface area contributed by atoms with Crippen molar-refractivity contribution in [3.05, 3.63) is 81.4 Å². The highest BCUT2D eigenvalue weighted by atomic mass is 35.5. The molecular weight excluding hydrogens is 370 g/mol. The van der Waals surface area contributed by atoms with E-state index >= 15 is 0 Å². The van der Waals surface area contributed by atoms with Crippen molar-refractivity contribution >= 4 is 46.1 Å². The molecule has 1 N–H and O–H groups in total. The van der Waals surface area contributed by atoms with Gasteiger partial charge in [-0.2, -0.15) is 0 Å². The van der Waals surface area contributed by atoms with E-state index in [1.54, 1.807) is 37.3 Å². The van der Waals surface area contributed by atoms with Crippen LogP contribution in [0.3, 0.4) is 0 Å². The second kappa shape index (κ2) is 8.25. The van der Waals surface area contributed by atoms with Crippen molar-refractivity contribution in [3.63, 3.8) is 0 Å². The first-order chi connectivity index (χ1) is 12.6. The van der Waals surface area contributed by atoms with Gasteiger partial charge in [0, 0.05) is 0 Å². The molecule has 1 aliphatic heterocycles. The molecule has 2 aromatic rings. The molecule has 0 aromatic heterocycles. The first-order valence-corrected chi connectivity index (χ1v) is 9.18. The number of aliphatic hydroxyl groups is 1. The molecule has 2 aromatic carbocycles. The molecule has 132 valence electrons. The Labute approximate surface area is 160 Å². The Bertz CT molecular complexity index is 920. The Balaban J connectivity index is 2.06. The van der Waals surface area contributed by atoms with Crippen LogP contribution in [0.2, 0.25) is 5.02 Å². The van der Waals surface area contributed by atoms with E-state index in [0.717, 1.165) is 5.56 Å². The van der Waals surface area contributed by atoms with Gasteiger partial charge >= 0.3 is 5.97 Å². The Morgan fingerprint density at radius 2 is 1.88 bits per heavy atom. The molecule has 3 rings (SSSR count). The first-order valence-electron chi connectivity index (χ1n) is 7.99. The molecule has 4 nitrogen and oxygen atoms in total. The van der Waals surface area contributed by atoms with Crippen molar-refractivity contribution in [2.75, 3.05) is 6.61 Å². The van der Waals surface area contributed by atoms with Gasteiger partial charge in [0.25, 0.3) is 0 Å². The predicted molar refractivity (Wildman–Crippen MR) is 107 cm³/mol. The van der Waals surface area contributed by atoms with Crippen LogP contribution in [0.5, 0.6) is 0 Å². The third-order valence-electron chi connectivity index (χ3n) is 3.54. The minimum Gasteiger partial charge on any atom is -0.506 e. The summed E-state index contributed by atoms with van der Waals surface area (Å²) in [6.07, 6.45) is 1.80. The molecule has 0 aliphatic carbocycles. The summed E-state index contributed by atoms with van der Waals surface area (Å²) in [7, 11) is 0. The van der Waals surface area contributed by atoms with Crippen LogP contribution in [0.25, 0.3) is 6.08 Å². The highest BCUT2D eigenvalue weighted by Gasteiger charge is 2.33. The average Bonchev–Trinajstić information content (AvgIpc) is 2.93. The topological polar surface area (TPSA) is 58.9 Å². The number of halogens is 1. The quantitative estimate of drug-likeness (QED) is 0.702. The van der Waals surface area contributed by atoms with E-state index in [-0.39, 0.29) is 17.9 Å². The summed E-state index contributed by atoms with van der Waals surface area (Å²) in [5.41, 5.74) is 1.48. The Hall–Kier alpha value is -2.50. The lowest BCUT2D eigenvalue weighted by Gasteiger charge is -2.04. The minimum absolute atomic E-state index is 0.0546. The fourth-order valence-corrected chi connectivity index (χ4v) is 3.55. The number of carbonyl (C=O) groups is 1. The molecule has 0 saturated carbocycles. The number of para-hydroxylation sites is 1. The number of nitrogens with zero attached hydrogens (tertiary/aromatic N) is 1. The molecule has 0 atom stereocenters. The molecule has 0 saturated heterocycles. The Morgan fingerprint density at radius 1 is 1.19 bits per heavy atom. The van der Waals surface area contributed by atoms with Crippen LogP contribution < -0.4 is 0 Å². The molecule has 1 heterocycles. The molecular formula is C20H16ClNO3S. The second-order valence-electron chi connectivity index (χ2n) is 5.33. The van der Waals surface area contributed by atoms with Gasteiger partial charge in [-0.3, -0.25) is 0 Å². The van der Waals surface area contributed by atoms with E-state index in [1.165, 1.54) is 11.8 Å². The van der Waals surface area contributed by atoms with Crippen LogP contribution in [0.1, 0.15) is 12.5 Å². The van der Waals surface area contributed by atoms with Gasteiger partial charge in [0.05, 0.1) is 22.2 Å².